The number of halogens is 3. The van der Waals surface area contributed by atoms with Gasteiger partial charge in [-0.15, -0.1) is 0 Å². The van der Waals surface area contributed by atoms with Gasteiger partial charge in [0.2, 0.25) is 5.91 Å². The van der Waals surface area contributed by atoms with Gasteiger partial charge < -0.3 is 5.32 Å². The number of carbonyl (C=O) groups excluding carboxylic acids is 1. The van der Waals surface area contributed by atoms with Crippen LogP contribution in [0.1, 0.15) is 18.9 Å². The van der Waals surface area contributed by atoms with Gasteiger partial charge >= 0.3 is 6.18 Å². The number of carbonyl (C=O) groups is 1. The standard InChI is InChI=1S/C13H15F3N4O3/c1-12(5-6-19(2)18-12)11(21)17-8-3-4-10(20(22)23)9(7-8)13(14,15)16/h3-4,7,18H,5-6H2,1-2H3,(H,17,21). The molecule has 0 saturated carbocycles. The lowest BCUT2D eigenvalue weighted by Gasteiger charge is -2.24. The van der Waals surface area contributed by atoms with Crippen LogP contribution >= 0.6 is 0 Å². The molecule has 2 N–H and O–H groups in total. The molecule has 126 valence electrons. The van der Waals surface area contributed by atoms with Crippen molar-refractivity contribution in [3.63, 3.8) is 0 Å². The lowest BCUT2D eigenvalue weighted by molar-refractivity contribution is -0.388. The number of nitro benzene ring substituents is 1. The summed E-state index contributed by atoms with van der Waals surface area (Å²) in [5, 5.41) is 14.8. The largest absolute Gasteiger partial charge is 0.423 e. The Balaban J connectivity index is 2.28. The number of alkyl halides is 3. The molecule has 1 fully saturated rings. The molecule has 0 bridgehead atoms. The molecule has 1 aromatic rings. The number of anilines is 1. The molecule has 1 aromatic carbocycles. The molecule has 1 amide bonds. The van der Waals surface area contributed by atoms with E-state index in [1.54, 1.807) is 19.0 Å². The molecule has 23 heavy (non-hydrogen) atoms. The minimum atomic E-state index is -4.89. The maximum Gasteiger partial charge on any atom is 0.423 e. The first-order valence-corrected chi connectivity index (χ1v) is 6.69. The Kier molecular flexibility index (Phi) is 4.31. The van der Waals surface area contributed by atoms with Gasteiger partial charge in [0.25, 0.3) is 5.69 Å². The van der Waals surface area contributed by atoms with E-state index in [-0.39, 0.29) is 5.69 Å². The number of nitrogens with zero attached hydrogens (tertiary/aromatic N) is 2. The highest BCUT2D eigenvalue weighted by Crippen LogP contribution is 2.37. The van der Waals surface area contributed by atoms with Crippen LogP contribution in [0.2, 0.25) is 0 Å². The summed E-state index contributed by atoms with van der Waals surface area (Å²) in [6.07, 6.45) is -4.41. The molecule has 1 aliphatic rings. The van der Waals surface area contributed by atoms with Crippen molar-refractivity contribution in [1.29, 1.82) is 0 Å². The zero-order valence-corrected chi connectivity index (χ0v) is 12.4. The van der Waals surface area contributed by atoms with E-state index in [0.29, 0.717) is 19.0 Å². The molecule has 0 radical (unpaired) electrons. The van der Waals surface area contributed by atoms with Crippen LogP contribution in [0.4, 0.5) is 24.5 Å². The first kappa shape index (κ1) is 17.2. The van der Waals surface area contributed by atoms with E-state index in [4.69, 9.17) is 0 Å². The van der Waals surface area contributed by atoms with Crippen LogP contribution in [0.5, 0.6) is 0 Å². The van der Waals surface area contributed by atoms with Crippen LogP contribution in [0.3, 0.4) is 0 Å². The molecule has 0 spiro atoms. The third-order valence-electron chi connectivity index (χ3n) is 3.64. The number of hydrazine groups is 1. The second-order valence-electron chi connectivity index (χ2n) is 5.56. The summed E-state index contributed by atoms with van der Waals surface area (Å²) in [6.45, 7) is 2.24. The Bertz CT molecular complexity index is 650. The fourth-order valence-electron chi connectivity index (χ4n) is 2.36. The van der Waals surface area contributed by atoms with E-state index >= 15 is 0 Å². The molecule has 1 aliphatic heterocycles. The summed E-state index contributed by atoms with van der Waals surface area (Å²) in [7, 11) is 1.74. The Hall–Kier alpha value is -2.20. The Morgan fingerprint density at radius 1 is 1.48 bits per heavy atom. The van der Waals surface area contributed by atoms with Crippen LogP contribution in [0.15, 0.2) is 18.2 Å². The zero-order chi connectivity index (χ0) is 17.4. The smallest absolute Gasteiger partial charge is 0.324 e. The van der Waals surface area contributed by atoms with Gasteiger partial charge in [-0.2, -0.15) is 13.2 Å². The van der Waals surface area contributed by atoms with Crippen LogP contribution in [-0.4, -0.2) is 35.0 Å². The number of hydrogen-bond donors (Lipinski definition) is 2. The van der Waals surface area contributed by atoms with E-state index in [1.807, 2.05) is 0 Å². The van der Waals surface area contributed by atoms with Crippen molar-refractivity contribution in [3.05, 3.63) is 33.9 Å². The Morgan fingerprint density at radius 3 is 2.61 bits per heavy atom. The van der Waals surface area contributed by atoms with Gasteiger partial charge in [-0.1, -0.05) is 0 Å². The van der Waals surface area contributed by atoms with E-state index in [9.17, 15) is 28.1 Å². The predicted octanol–water partition coefficient (Wildman–Crippen LogP) is 2.15. The summed E-state index contributed by atoms with van der Waals surface area (Å²) < 4.78 is 38.8. The third-order valence-corrected chi connectivity index (χ3v) is 3.64. The number of nitro groups is 1. The summed E-state index contributed by atoms with van der Waals surface area (Å²) >= 11 is 0. The van der Waals surface area contributed by atoms with E-state index in [2.05, 4.69) is 10.7 Å². The lowest BCUT2D eigenvalue weighted by Crippen LogP contribution is -2.51. The maximum absolute atomic E-state index is 12.9. The van der Waals surface area contributed by atoms with E-state index in [0.717, 1.165) is 12.1 Å². The number of nitrogens with one attached hydrogen (secondary N) is 2. The molecule has 1 atom stereocenters. The van der Waals surface area contributed by atoms with Crippen molar-refractivity contribution in [3.8, 4) is 0 Å². The van der Waals surface area contributed by atoms with Crippen molar-refractivity contribution in [1.82, 2.24) is 10.4 Å². The maximum atomic E-state index is 12.9. The van der Waals surface area contributed by atoms with E-state index < -0.39 is 33.8 Å². The molecule has 1 saturated heterocycles. The second-order valence-corrected chi connectivity index (χ2v) is 5.56. The van der Waals surface area contributed by atoms with Crippen molar-refractivity contribution in [2.24, 2.45) is 0 Å². The summed E-state index contributed by atoms with van der Waals surface area (Å²) in [6, 6.07) is 2.38. The normalized spacial score (nSPS) is 22.1. The highest BCUT2D eigenvalue weighted by atomic mass is 19.4. The van der Waals surface area contributed by atoms with Crippen molar-refractivity contribution in [2.45, 2.75) is 25.1 Å². The van der Waals surface area contributed by atoms with Gasteiger partial charge in [0, 0.05) is 25.3 Å². The summed E-state index contributed by atoms with van der Waals surface area (Å²) in [5.41, 5.74) is -0.638. The minimum absolute atomic E-state index is 0.148. The number of benzene rings is 1. The molecule has 2 rings (SSSR count). The van der Waals surface area contributed by atoms with Crippen LogP contribution in [-0.2, 0) is 11.0 Å². The highest BCUT2D eigenvalue weighted by Gasteiger charge is 2.40. The predicted molar refractivity (Wildman–Crippen MR) is 75.5 cm³/mol. The van der Waals surface area contributed by atoms with Crippen LogP contribution in [0.25, 0.3) is 0 Å². The van der Waals surface area contributed by atoms with Gasteiger partial charge in [0.1, 0.15) is 11.1 Å². The first-order chi connectivity index (χ1) is 10.5. The number of amides is 1. The van der Waals surface area contributed by atoms with Crippen LogP contribution < -0.4 is 10.7 Å². The third kappa shape index (κ3) is 3.59. The summed E-state index contributed by atoms with van der Waals surface area (Å²) in [4.78, 5) is 21.8. The quantitative estimate of drug-likeness (QED) is 0.654. The van der Waals surface area contributed by atoms with Gasteiger partial charge in [0.15, 0.2) is 0 Å². The van der Waals surface area contributed by atoms with Crippen molar-refractivity contribution >= 4 is 17.3 Å². The molecule has 0 aromatic heterocycles. The van der Waals surface area contributed by atoms with Crippen molar-refractivity contribution < 1.29 is 22.9 Å². The van der Waals surface area contributed by atoms with Gasteiger partial charge in [0.05, 0.1) is 4.92 Å². The zero-order valence-electron chi connectivity index (χ0n) is 12.4. The molecule has 1 unspecified atom stereocenters. The second kappa shape index (κ2) is 5.78. The van der Waals surface area contributed by atoms with E-state index in [1.165, 1.54) is 0 Å². The fourth-order valence-corrected chi connectivity index (χ4v) is 2.36. The molecule has 1 heterocycles. The molecule has 0 aliphatic carbocycles. The molecular formula is C13H15F3N4O3. The number of rotatable bonds is 3. The SMILES string of the molecule is CN1CCC(C)(C(=O)Nc2ccc([N+](=O)[O-])c(C(F)(F)F)c2)N1. The Labute approximate surface area is 129 Å². The van der Waals surface area contributed by atoms with Gasteiger partial charge in [-0.05, 0) is 25.5 Å². The average molecular weight is 332 g/mol. The first-order valence-electron chi connectivity index (χ1n) is 6.69. The minimum Gasteiger partial charge on any atom is -0.324 e. The molecular weight excluding hydrogens is 317 g/mol. The average Bonchev–Trinajstić information content (AvgIpc) is 2.78. The number of hydrogen-bond acceptors (Lipinski definition) is 5. The highest BCUT2D eigenvalue weighted by molar-refractivity contribution is 5.98. The lowest BCUT2D eigenvalue weighted by atomic mass is 9.99. The van der Waals surface area contributed by atoms with Gasteiger partial charge in [-0.3, -0.25) is 14.9 Å². The fraction of sp³-hybridized carbons (Fsp3) is 0.462. The molecule has 7 nitrogen and oxygen atoms in total. The van der Waals surface area contributed by atoms with Gasteiger partial charge in [-0.25, -0.2) is 10.4 Å². The molecule has 10 heteroatoms. The monoisotopic (exact) mass is 332 g/mol. The Morgan fingerprint density at radius 2 is 2.13 bits per heavy atom. The van der Waals surface area contributed by atoms with Crippen LogP contribution in [0, 0.1) is 10.1 Å². The topological polar surface area (TPSA) is 87.5 Å². The van der Waals surface area contributed by atoms with Crippen molar-refractivity contribution in [2.75, 3.05) is 18.9 Å². The summed E-state index contributed by atoms with van der Waals surface area (Å²) in [5.74, 6) is -0.510.